The van der Waals surface area contributed by atoms with E-state index in [0.717, 1.165) is 11.1 Å². The van der Waals surface area contributed by atoms with E-state index in [4.69, 9.17) is 9.72 Å². The monoisotopic (exact) mass is 479 g/mol. The second kappa shape index (κ2) is 10.2. The molecule has 0 saturated carbocycles. The van der Waals surface area contributed by atoms with Crippen LogP contribution in [0.1, 0.15) is 24.5 Å². The summed E-state index contributed by atoms with van der Waals surface area (Å²) >= 11 is 2.70. The van der Waals surface area contributed by atoms with Gasteiger partial charge in [0.05, 0.1) is 30.1 Å². The second-order valence-corrected chi connectivity index (χ2v) is 9.70. The van der Waals surface area contributed by atoms with Crippen molar-refractivity contribution in [2.75, 3.05) is 12.4 Å². The number of hydrogen-bond donors (Lipinski definition) is 1. The number of nitrogens with zero attached hydrogens (tertiary/aromatic N) is 2. The normalized spacial score (nSPS) is 12.0. The summed E-state index contributed by atoms with van der Waals surface area (Å²) in [5.41, 5.74) is 3.36. The van der Waals surface area contributed by atoms with E-state index in [2.05, 4.69) is 5.32 Å². The molecule has 6 nitrogen and oxygen atoms in total. The minimum absolute atomic E-state index is 0.0851. The SMILES string of the molecule is CC[C@H](Sc1nc2ccsc2c(=O)n1Cc1ccc(C)cc1)C(=O)Nc1ccccc1OC. The van der Waals surface area contributed by atoms with Gasteiger partial charge in [-0.05, 0) is 42.5 Å². The first-order valence-corrected chi connectivity index (χ1v) is 12.4. The zero-order valence-corrected chi connectivity index (χ0v) is 20.3. The average Bonchev–Trinajstić information content (AvgIpc) is 3.30. The number of amides is 1. The molecule has 170 valence electrons. The molecule has 1 amide bonds. The van der Waals surface area contributed by atoms with Crippen molar-refractivity contribution in [2.45, 2.75) is 37.2 Å². The number of carbonyl (C=O) groups is 1. The predicted molar refractivity (Wildman–Crippen MR) is 136 cm³/mol. The molecule has 0 saturated heterocycles. The van der Waals surface area contributed by atoms with Gasteiger partial charge in [-0.15, -0.1) is 11.3 Å². The lowest BCUT2D eigenvalue weighted by molar-refractivity contribution is -0.115. The Morgan fingerprint density at radius 2 is 1.94 bits per heavy atom. The molecule has 0 unspecified atom stereocenters. The summed E-state index contributed by atoms with van der Waals surface area (Å²) in [4.78, 5) is 31.2. The number of para-hydroxylation sites is 2. The summed E-state index contributed by atoms with van der Waals surface area (Å²) in [5.74, 6) is 0.438. The molecular formula is C25H25N3O3S2. The molecule has 4 aromatic rings. The Labute approximate surface area is 200 Å². The van der Waals surface area contributed by atoms with Gasteiger partial charge in [0.25, 0.3) is 5.56 Å². The molecule has 4 rings (SSSR count). The van der Waals surface area contributed by atoms with Crippen molar-refractivity contribution in [2.24, 2.45) is 0 Å². The van der Waals surface area contributed by atoms with Crippen LogP contribution in [-0.4, -0.2) is 27.8 Å². The summed E-state index contributed by atoms with van der Waals surface area (Å²) in [6, 6.07) is 17.2. The number of nitrogens with one attached hydrogen (secondary N) is 1. The highest BCUT2D eigenvalue weighted by Crippen LogP contribution is 2.29. The number of fused-ring (bicyclic) bond motifs is 1. The third-order valence-corrected chi connectivity index (χ3v) is 7.51. The van der Waals surface area contributed by atoms with Gasteiger partial charge in [0.1, 0.15) is 10.4 Å². The molecule has 0 spiro atoms. The van der Waals surface area contributed by atoms with Crippen molar-refractivity contribution in [3.63, 3.8) is 0 Å². The molecule has 2 aromatic carbocycles. The molecule has 0 aliphatic carbocycles. The first kappa shape index (κ1) is 23.1. The zero-order valence-electron chi connectivity index (χ0n) is 18.7. The van der Waals surface area contributed by atoms with Crippen molar-refractivity contribution >= 4 is 44.9 Å². The van der Waals surface area contributed by atoms with Crippen LogP contribution >= 0.6 is 23.1 Å². The standard InChI is InChI=1S/C25H25N3O3S2/c1-4-21(23(29)26-18-7-5-6-8-20(18)31-3)33-25-27-19-13-14-32-22(19)24(30)28(25)15-17-11-9-16(2)10-12-17/h5-14,21H,4,15H2,1-3H3,(H,26,29)/t21-/m0/s1. The predicted octanol–water partition coefficient (Wildman–Crippen LogP) is 5.33. The summed E-state index contributed by atoms with van der Waals surface area (Å²) < 4.78 is 7.65. The van der Waals surface area contributed by atoms with E-state index in [0.29, 0.717) is 39.8 Å². The van der Waals surface area contributed by atoms with Gasteiger partial charge in [0.15, 0.2) is 5.16 Å². The van der Waals surface area contributed by atoms with Crippen LogP contribution in [0.2, 0.25) is 0 Å². The number of hydrogen-bond acceptors (Lipinski definition) is 6. The Morgan fingerprint density at radius 3 is 2.67 bits per heavy atom. The van der Waals surface area contributed by atoms with Crippen LogP contribution in [0.3, 0.4) is 0 Å². The van der Waals surface area contributed by atoms with Gasteiger partial charge in [-0.2, -0.15) is 0 Å². The maximum absolute atomic E-state index is 13.3. The number of ether oxygens (including phenoxy) is 1. The number of rotatable bonds is 8. The van der Waals surface area contributed by atoms with Crippen LogP contribution in [0.5, 0.6) is 5.75 Å². The maximum atomic E-state index is 13.3. The minimum atomic E-state index is -0.429. The van der Waals surface area contributed by atoms with Gasteiger partial charge in [-0.1, -0.05) is 60.6 Å². The van der Waals surface area contributed by atoms with Crippen molar-refractivity contribution < 1.29 is 9.53 Å². The summed E-state index contributed by atoms with van der Waals surface area (Å²) in [6.45, 7) is 4.38. The van der Waals surface area contributed by atoms with Crippen molar-refractivity contribution in [1.82, 2.24) is 9.55 Å². The van der Waals surface area contributed by atoms with Gasteiger partial charge in [-0.25, -0.2) is 4.98 Å². The lowest BCUT2D eigenvalue weighted by atomic mass is 10.1. The van der Waals surface area contributed by atoms with Crippen LogP contribution in [-0.2, 0) is 11.3 Å². The quantitative estimate of drug-likeness (QED) is 0.273. The number of anilines is 1. The van der Waals surface area contributed by atoms with Crippen LogP contribution in [0.25, 0.3) is 10.2 Å². The number of aryl methyl sites for hydroxylation is 1. The first-order valence-electron chi connectivity index (χ1n) is 10.6. The van der Waals surface area contributed by atoms with Crippen molar-refractivity contribution in [1.29, 1.82) is 0 Å². The molecule has 0 fully saturated rings. The lowest BCUT2D eigenvalue weighted by Crippen LogP contribution is -2.28. The van der Waals surface area contributed by atoms with Gasteiger partial charge in [0.2, 0.25) is 5.91 Å². The average molecular weight is 480 g/mol. The third-order valence-electron chi connectivity index (χ3n) is 5.27. The van der Waals surface area contributed by atoms with Crippen LogP contribution < -0.4 is 15.6 Å². The zero-order chi connectivity index (χ0) is 23.4. The molecule has 2 heterocycles. The molecule has 8 heteroatoms. The molecule has 2 aromatic heterocycles. The van der Waals surface area contributed by atoms with Crippen LogP contribution in [0.4, 0.5) is 5.69 Å². The highest BCUT2D eigenvalue weighted by Gasteiger charge is 2.23. The molecule has 0 radical (unpaired) electrons. The third kappa shape index (κ3) is 5.12. The van der Waals surface area contributed by atoms with Crippen LogP contribution in [0, 0.1) is 6.92 Å². The fourth-order valence-electron chi connectivity index (χ4n) is 3.44. The number of carbonyl (C=O) groups excluding carboxylic acids is 1. The highest BCUT2D eigenvalue weighted by molar-refractivity contribution is 8.00. The van der Waals surface area contributed by atoms with E-state index in [9.17, 15) is 9.59 Å². The highest BCUT2D eigenvalue weighted by atomic mass is 32.2. The second-order valence-electron chi connectivity index (χ2n) is 7.61. The lowest BCUT2D eigenvalue weighted by Gasteiger charge is -2.18. The Hall–Kier alpha value is -3.10. The topological polar surface area (TPSA) is 73.2 Å². The number of thioether (sulfide) groups is 1. The fourth-order valence-corrected chi connectivity index (χ4v) is 5.23. The molecule has 0 aliphatic rings. The van der Waals surface area contributed by atoms with E-state index in [-0.39, 0.29) is 11.5 Å². The smallest absolute Gasteiger partial charge is 0.272 e. The molecule has 0 aliphatic heterocycles. The van der Waals surface area contributed by atoms with Gasteiger partial charge in [0, 0.05) is 0 Å². The van der Waals surface area contributed by atoms with Crippen LogP contribution in [0.15, 0.2) is 69.9 Å². The van der Waals surface area contributed by atoms with Gasteiger partial charge in [-0.3, -0.25) is 14.2 Å². The Bertz CT molecular complexity index is 1330. The van der Waals surface area contributed by atoms with Gasteiger partial charge < -0.3 is 10.1 Å². The Kier molecular flexibility index (Phi) is 7.15. The van der Waals surface area contributed by atoms with E-state index in [1.54, 1.807) is 23.8 Å². The number of aromatic nitrogens is 2. The van der Waals surface area contributed by atoms with Crippen molar-refractivity contribution in [3.8, 4) is 5.75 Å². The maximum Gasteiger partial charge on any atom is 0.272 e. The van der Waals surface area contributed by atoms with E-state index < -0.39 is 5.25 Å². The number of methoxy groups -OCH3 is 1. The molecule has 1 atom stereocenters. The molecular weight excluding hydrogens is 454 g/mol. The first-order chi connectivity index (χ1) is 16.0. The number of thiophene rings is 1. The van der Waals surface area contributed by atoms with E-state index in [1.807, 2.05) is 61.7 Å². The number of benzene rings is 2. The Balaban J connectivity index is 1.66. The molecule has 1 N–H and O–H groups in total. The summed E-state index contributed by atoms with van der Waals surface area (Å²) in [6.07, 6.45) is 0.577. The molecule has 33 heavy (non-hydrogen) atoms. The summed E-state index contributed by atoms with van der Waals surface area (Å²) in [7, 11) is 1.57. The minimum Gasteiger partial charge on any atom is -0.495 e. The van der Waals surface area contributed by atoms with E-state index in [1.165, 1.54) is 23.1 Å². The summed E-state index contributed by atoms with van der Waals surface area (Å²) in [5, 5.41) is 4.93. The van der Waals surface area contributed by atoms with Crippen molar-refractivity contribution in [3.05, 3.63) is 81.5 Å². The Morgan fingerprint density at radius 1 is 1.18 bits per heavy atom. The fraction of sp³-hybridized carbons (Fsp3) is 0.240. The molecule has 0 bridgehead atoms. The van der Waals surface area contributed by atoms with Gasteiger partial charge >= 0.3 is 0 Å². The largest absolute Gasteiger partial charge is 0.495 e. The van der Waals surface area contributed by atoms with E-state index >= 15 is 0 Å².